The second-order valence-electron chi connectivity index (χ2n) is 7.81. The first-order valence-corrected chi connectivity index (χ1v) is 11.4. The molecule has 4 rings (SSSR count). The molecule has 2 fully saturated rings. The molecule has 2 aromatic rings. The second kappa shape index (κ2) is 9.00. The van der Waals surface area contributed by atoms with Crippen molar-refractivity contribution in [2.45, 2.75) is 13.3 Å². The standard InChI is InChI=1S/C21H23N5O4S2/c1-13-4-3-6-25-17(13)22-18(24-10-8-23(2)9-11-24)14(19(25)29)12-15-20(30)26(21(31)32-15)7-5-16(27)28/h3-4,6,12H,5,7-11H2,1-2H3,(H,27,28). The summed E-state index contributed by atoms with van der Waals surface area (Å²) in [5.74, 6) is -0.847. The molecule has 1 amide bonds. The number of likely N-dealkylation sites (N-methyl/N-ethyl adjacent to an activating group) is 1. The van der Waals surface area contributed by atoms with Crippen molar-refractivity contribution in [2.75, 3.05) is 44.7 Å². The minimum Gasteiger partial charge on any atom is -0.481 e. The number of aromatic nitrogens is 2. The van der Waals surface area contributed by atoms with Gasteiger partial charge in [-0.1, -0.05) is 30.0 Å². The SMILES string of the molecule is Cc1cccn2c(=O)c(C=C3SC(=S)N(CCC(=O)O)C3=O)c(N3CCN(C)CC3)nc12. The Morgan fingerprint density at radius 2 is 2.00 bits per heavy atom. The molecular weight excluding hydrogens is 450 g/mol. The van der Waals surface area contributed by atoms with Crippen LogP contribution in [0.1, 0.15) is 17.5 Å². The van der Waals surface area contributed by atoms with Crippen LogP contribution in [0.25, 0.3) is 11.7 Å². The molecule has 11 heteroatoms. The number of carboxylic acid groups (broad SMARTS) is 1. The Morgan fingerprint density at radius 1 is 1.28 bits per heavy atom. The van der Waals surface area contributed by atoms with Crippen molar-refractivity contribution in [1.82, 2.24) is 19.2 Å². The lowest BCUT2D eigenvalue weighted by Crippen LogP contribution is -2.45. The van der Waals surface area contributed by atoms with Crippen molar-refractivity contribution in [2.24, 2.45) is 0 Å². The number of aryl methyl sites for hydroxylation is 1. The van der Waals surface area contributed by atoms with Gasteiger partial charge in [0.2, 0.25) is 0 Å². The van der Waals surface area contributed by atoms with E-state index in [0.29, 0.717) is 35.0 Å². The molecule has 0 aromatic carbocycles. The molecule has 0 aliphatic carbocycles. The fraction of sp³-hybridized carbons (Fsp3) is 0.381. The van der Waals surface area contributed by atoms with Gasteiger partial charge in [0, 0.05) is 38.9 Å². The number of piperazine rings is 1. The quantitative estimate of drug-likeness (QED) is 0.511. The van der Waals surface area contributed by atoms with Crippen molar-refractivity contribution in [3.63, 3.8) is 0 Å². The minimum absolute atomic E-state index is 0.00317. The van der Waals surface area contributed by atoms with E-state index in [1.165, 1.54) is 9.30 Å². The summed E-state index contributed by atoms with van der Waals surface area (Å²) >= 11 is 6.35. The fourth-order valence-corrected chi connectivity index (χ4v) is 5.01. The molecule has 0 atom stereocenters. The van der Waals surface area contributed by atoms with Gasteiger partial charge in [-0.15, -0.1) is 0 Å². The van der Waals surface area contributed by atoms with E-state index in [0.717, 1.165) is 30.4 Å². The van der Waals surface area contributed by atoms with E-state index in [2.05, 4.69) is 9.80 Å². The number of fused-ring (bicyclic) bond motifs is 1. The van der Waals surface area contributed by atoms with Crippen LogP contribution in [0.4, 0.5) is 5.82 Å². The van der Waals surface area contributed by atoms with Crippen LogP contribution in [-0.2, 0) is 9.59 Å². The number of anilines is 1. The van der Waals surface area contributed by atoms with Gasteiger partial charge in [0.15, 0.2) is 0 Å². The number of nitrogens with zero attached hydrogens (tertiary/aromatic N) is 5. The summed E-state index contributed by atoms with van der Waals surface area (Å²) < 4.78 is 1.78. The number of rotatable bonds is 5. The monoisotopic (exact) mass is 473 g/mol. The van der Waals surface area contributed by atoms with Gasteiger partial charge in [-0.05, 0) is 31.7 Å². The minimum atomic E-state index is -1.01. The number of thioether (sulfide) groups is 1. The van der Waals surface area contributed by atoms with Gasteiger partial charge in [0.1, 0.15) is 15.8 Å². The van der Waals surface area contributed by atoms with E-state index < -0.39 is 5.97 Å². The summed E-state index contributed by atoms with van der Waals surface area (Å²) in [5, 5.41) is 8.94. The Balaban J connectivity index is 1.81. The first-order chi connectivity index (χ1) is 15.3. The summed E-state index contributed by atoms with van der Waals surface area (Å²) in [4.78, 5) is 48.0. The van der Waals surface area contributed by atoms with Gasteiger partial charge in [-0.25, -0.2) is 4.98 Å². The normalized spacial score (nSPS) is 18.9. The highest BCUT2D eigenvalue weighted by atomic mass is 32.2. The number of hydrogen-bond acceptors (Lipinski definition) is 8. The van der Waals surface area contributed by atoms with E-state index in [1.807, 2.05) is 20.0 Å². The van der Waals surface area contributed by atoms with Crippen LogP contribution in [0.15, 0.2) is 28.0 Å². The Kier molecular flexibility index (Phi) is 6.31. The summed E-state index contributed by atoms with van der Waals surface area (Å²) in [6, 6.07) is 3.69. The van der Waals surface area contributed by atoms with Crippen molar-refractivity contribution < 1.29 is 14.7 Å². The summed E-state index contributed by atoms with van der Waals surface area (Å²) in [5.41, 5.74) is 1.53. The van der Waals surface area contributed by atoms with E-state index in [1.54, 1.807) is 18.3 Å². The number of amides is 1. The maximum absolute atomic E-state index is 13.5. The van der Waals surface area contributed by atoms with Gasteiger partial charge in [0.05, 0.1) is 16.9 Å². The first-order valence-electron chi connectivity index (χ1n) is 10.2. The molecule has 2 aliphatic heterocycles. The zero-order valence-corrected chi connectivity index (χ0v) is 19.4. The van der Waals surface area contributed by atoms with Crippen LogP contribution < -0.4 is 10.5 Å². The maximum Gasteiger partial charge on any atom is 0.305 e. The summed E-state index contributed by atoms with van der Waals surface area (Å²) in [7, 11) is 2.05. The van der Waals surface area contributed by atoms with Crippen LogP contribution in [0.2, 0.25) is 0 Å². The van der Waals surface area contributed by atoms with E-state index >= 15 is 0 Å². The van der Waals surface area contributed by atoms with E-state index in [-0.39, 0.29) is 28.8 Å². The van der Waals surface area contributed by atoms with Gasteiger partial charge in [-0.3, -0.25) is 23.7 Å². The largest absolute Gasteiger partial charge is 0.481 e. The molecular formula is C21H23N5O4S2. The first kappa shape index (κ1) is 22.4. The number of carbonyl (C=O) groups is 2. The highest BCUT2D eigenvalue weighted by Gasteiger charge is 2.33. The average molecular weight is 474 g/mol. The van der Waals surface area contributed by atoms with Gasteiger partial charge >= 0.3 is 5.97 Å². The third-order valence-corrected chi connectivity index (χ3v) is 6.94. The van der Waals surface area contributed by atoms with Crippen molar-refractivity contribution in [1.29, 1.82) is 0 Å². The number of pyridine rings is 1. The van der Waals surface area contributed by atoms with Crippen molar-refractivity contribution >= 4 is 57.7 Å². The van der Waals surface area contributed by atoms with E-state index in [9.17, 15) is 14.4 Å². The number of thiocarbonyl (C=S) groups is 1. The molecule has 2 aromatic heterocycles. The van der Waals surface area contributed by atoms with Crippen LogP contribution in [0.5, 0.6) is 0 Å². The molecule has 0 spiro atoms. The fourth-order valence-electron chi connectivity index (χ4n) is 3.72. The third kappa shape index (κ3) is 4.27. The molecule has 0 saturated carbocycles. The third-order valence-electron chi connectivity index (χ3n) is 5.57. The molecule has 0 bridgehead atoms. The van der Waals surface area contributed by atoms with Crippen molar-refractivity contribution in [3.05, 3.63) is 44.7 Å². The molecule has 2 aliphatic rings. The maximum atomic E-state index is 13.5. The summed E-state index contributed by atoms with van der Waals surface area (Å²) in [6.07, 6.45) is 3.02. The number of carbonyl (C=O) groups excluding carboxylic acids is 1. The average Bonchev–Trinajstić information content (AvgIpc) is 3.02. The number of hydrogen-bond donors (Lipinski definition) is 1. The molecule has 4 heterocycles. The number of carboxylic acids is 1. The van der Waals surface area contributed by atoms with Crippen LogP contribution in [0, 0.1) is 6.92 Å². The van der Waals surface area contributed by atoms with Crippen LogP contribution in [0.3, 0.4) is 0 Å². The molecule has 168 valence electrons. The lowest BCUT2D eigenvalue weighted by Gasteiger charge is -2.34. The zero-order chi connectivity index (χ0) is 23.0. The highest BCUT2D eigenvalue weighted by molar-refractivity contribution is 8.26. The Morgan fingerprint density at radius 3 is 2.69 bits per heavy atom. The van der Waals surface area contributed by atoms with Crippen molar-refractivity contribution in [3.8, 4) is 0 Å². The molecule has 2 saturated heterocycles. The smallest absolute Gasteiger partial charge is 0.305 e. The molecule has 1 N–H and O–H groups in total. The van der Waals surface area contributed by atoms with Gasteiger partial charge in [-0.2, -0.15) is 0 Å². The second-order valence-corrected chi connectivity index (χ2v) is 9.48. The molecule has 0 unspecified atom stereocenters. The summed E-state index contributed by atoms with van der Waals surface area (Å²) in [6.45, 7) is 5.01. The molecule has 0 radical (unpaired) electrons. The Bertz CT molecular complexity index is 1200. The topological polar surface area (TPSA) is 98.5 Å². The van der Waals surface area contributed by atoms with E-state index in [4.69, 9.17) is 22.3 Å². The predicted molar refractivity (Wildman–Crippen MR) is 128 cm³/mol. The molecule has 9 nitrogen and oxygen atoms in total. The Hall–Kier alpha value is -2.76. The lowest BCUT2D eigenvalue weighted by atomic mass is 10.2. The van der Waals surface area contributed by atoms with Gasteiger partial charge < -0.3 is 14.9 Å². The number of aliphatic carboxylic acids is 1. The van der Waals surface area contributed by atoms with Gasteiger partial charge in [0.25, 0.3) is 11.5 Å². The zero-order valence-electron chi connectivity index (χ0n) is 17.8. The van der Waals surface area contributed by atoms with Crippen LogP contribution in [-0.4, -0.2) is 80.3 Å². The lowest BCUT2D eigenvalue weighted by molar-refractivity contribution is -0.137. The Labute approximate surface area is 194 Å². The highest BCUT2D eigenvalue weighted by Crippen LogP contribution is 2.33. The molecule has 32 heavy (non-hydrogen) atoms. The van der Waals surface area contributed by atoms with Crippen LogP contribution >= 0.6 is 24.0 Å². The predicted octanol–water partition coefficient (Wildman–Crippen LogP) is 1.43.